The van der Waals surface area contributed by atoms with E-state index in [1.54, 1.807) is 0 Å². The molecule has 0 N–H and O–H groups in total. The van der Waals surface area contributed by atoms with Crippen molar-refractivity contribution >= 4 is 38.9 Å². The fraction of sp³-hybridized carbons (Fsp3) is 0.128. The normalized spacial score (nSPS) is 14.4. The Morgan fingerprint density at radius 3 is 1.73 bits per heavy atom. The van der Waals surface area contributed by atoms with Gasteiger partial charge in [0.2, 0.25) is 0 Å². The fourth-order valence-electron chi connectivity index (χ4n) is 8.55. The molecule has 8 aromatic rings. The molecule has 0 aliphatic carbocycles. The summed E-state index contributed by atoms with van der Waals surface area (Å²) >= 11 is 0. The molecule has 0 saturated heterocycles. The van der Waals surface area contributed by atoms with Gasteiger partial charge in [-0.25, -0.2) is 11.1 Å². The van der Waals surface area contributed by atoms with Crippen LogP contribution >= 0.6 is 0 Å². The minimum Gasteiger partial charge on any atom is -0.347 e. The van der Waals surface area contributed by atoms with Crippen LogP contribution in [0.4, 0.5) is 17.1 Å². The van der Waals surface area contributed by atoms with Gasteiger partial charge in [0.15, 0.2) is 0 Å². The van der Waals surface area contributed by atoms with Crippen LogP contribution in [0.2, 0.25) is 0 Å². The minimum atomic E-state index is -0.243. The van der Waals surface area contributed by atoms with Crippen LogP contribution in [-0.4, -0.2) is 9.55 Å². The number of anilines is 3. The molecule has 6 aromatic carbocycles. The first-order chi connectivity index (χ1) is 24.3. The molecule has 0 saturated carbocycles. The number of hydrogen-bond donors (Lipinski definition) is 0. The number of aromatic nitrogens is 2. The molecule has 0 amide bonds. The Labute approximate surface area is 313 Å². The zero-order chi connectivity index (χ0) is 33.8. The summed E-state index contributed by atoms with van der Waals surface area (Å²) in [5.41, 5.74) is 15.7. The molecule has 2 aromatic heterocycles. The van der Waals surface area contributed by atoms with Crippen LogP contribution in [0.25, 0.3) is 49.9 Å². The Balaban J connectivity index is 0.00000348. The molecule has 0 radical (unpaired) electrons. The second kappa shape index (κ2) is 11.4. The quantitative estimate of drug-likeness (QED) is 0.161. The summed E-state index contributed by atoms with van der Waals surface area (Å²) in [5.74, 6) is 0. The molecule has 0 fully saturated rings. The summed E-state index contributed by atoms with van der Waals surface area (Å²) in [6.07, 6.45) is 1.84. The number of rotatable bonds is 5. The average molecular weight is 836 g/mol. The molecule has 0 unspecified atom stereocenters. The molecule has 4 heterocycles. The van der Waals surface area contributed by atoms with Crippen molar-refractivity contribution in [2.75, 3.05) is 4.90 Å². The number of pyridine rings is 1. The number of nitrogens with zero attached hydrogens (tertiary/aromatic N) is 3. The largest absolute Gasteiger partial charge is 0.347 e. The number of fused-ring (bicyclic) bond motifs is 1. The predicted molar refractivity (Wildman–Crippen MR) is 205 cm³/mol. The monoisotopic (exact) mass is 835 g/mol. The molecule has 4 heteroatoms. The van der Waals surface area contributed by atoms with Crippen LogP contribution in [0.5, 0.6) is 0 Å². The number of para-hydroxylation sites is 2. The molecule has 0 spiro atoms. The van der Waals surface area contributed by atoms with E-state index in [0.29, 0.717) is 0 Å². The SMILES string of the molecule is CC1(C)c2cc(N(c3[c-]c(-c4[c-]cccc4)ccc3)c3[c-]c(-c4ccccn4)ccc3)cc3c2-n2c4c1cccc4c1cccc(c12)C3(C)C.[Pt]. The topological polar surface area (TPSA) is 21.1 Å². The van der Waals surface area contributed by atoms with E-state index in [-0.39, 0.29) is 31.9 Å². The van der Waals surface area contributed by atoms with Crippen LogP contribution in [0.1, 0.15) is 49.9 Å². The summed E-state index contributed by atoms with van der Waals surface area (Å²) in [6.45, 7) is 9.56. The second-order valence-electron chi connectivity index (χ2n) is 14.6. The van der Waals surface area contributed by atoms with E-state index in [1.807, 2.05) is 36.5 Å². The van der Waals surface area contributed by atoms with Gasteiger partial charge in [0.25, 0.3) is 0 Å². The Morgan fingerprint density at radius 2 is 1.14 bits per heavy atom. The maximum Gasteiger partial charge on any atom is 0.0582 e. The van der Waals surface area contributed by atoms with E-state index in [0.717, 1.165) is 39.4 Å². The van der Waals surface area contributed by atoms with Crippen molar-refractivity contribution in [1.29, 1.82) is 0 Å². The molecule has 2 aliphatic rings. The Bertz CT molecular complexity index is 2470. The molecule has 10 rings (SSSR count). The number of benzene rings is 6. The van der Waals surface area contributed by atoms with Crippen molar-refractivity contribution in [2.24, 2.45) is 0 Å². The number of hydrogen-bond acceptors (Lipinski definition) is 2. The van der Waals surface area contributed by atoms with Crippen LogP contribution < -0.4 is 4.90 Å². The maximum absolute atomic E-state index is 4.67. The molecule has 0 atom stereocenters. The molecule has 3 nitrogen and oxygen atoms in total. The third-order valence-electron chi connectivity index (χ3n) is 11.1. The van der Waals surface area contributed by atoms with Crippen molar-refractivity contribution in [1.82, 2.24) is 9.55 Å². The van der Waals surface area contributed by atoms with Gasteiger partial charge in [-0.15, -0.1) is 42.0 Å². The Hall–Kier alpha value is -5.24. The molecular weight excluding hydrogens is 802 g/mol. The zero-order valence-electron chi connectivity index (χ0n) is 28.9. The third kappa shape index (κ3) is 4.51. The standard InChI is InChI=1S/C47H34N3.Pt/c1-46(2)38-22-12-20-36-37-21-13-23-39-44(37)50(43(36)38)45-40(46)28-35(29-41(45)47(39,3)4)49(33-18-10-16-31(26-33)30-14-6-5-7-15-30)34-19-11-17-32(27-34)42-24-8-9-25-48-42;/h5-14,16-25,28-29H,1-4H3;/q-3;. The van der Waals surface area contributed by atoms with Crippen molar-refractivity contribution < 1.29 is 21.1 Å². The zero-order valence-corrected chi connectivity index (χ0v) is 31.1. The summed E-state index contributed by atoms with van der Waals surface area (Å²) in [5, 5.41) is 2.66. The van der Waals surface area contributed by atoms with E-state index < -0.39 is 0 Å². The molecule has 2 aliphatic heterocycles. The average Bonchev–Trinajstić information content (AvgIpc) is 3.49. The van der Waals surface area contributed by atoms with Gasteiger partial charge in [0, 0.05) is 54.6 Å². The summed E-state index contributed by atoms with van der Waals surface area (Å²) in [6, 6.07) is 56.4. The van der Waals surface area contributed by atoms with Gasteiger partial charge < -0.3 is 14.5 Å². The van der Waals surface area contributed by atoms with Gasteiger partial charge >= 0.3 is 0 Å². The fourth-order valence-corrected chi connectivity index (χ4v) is 8.55. The molecule has 0 bridgehead atoms. The van der Waals surface area contributed by atoms with Gasteiger partial charge in [-0.2, -0.15) is 42.5 Å². The second-order valence-corrected chi connectivity index (χ2v) is 14.6. The van der Waals surface area contributed by atoms with E-state index in [9.17, 15) is 0 Å². The summed E-state index contributed by atoms with van der Waals surface area (Å²) in [7, 11) is 0. The molecular formula is C47H34N3Pt-3. The van der Waals surface area contributed by atoms with Crippen molar-refractivity contribution in [3.63, 3.8) is 0 Å². The molecule has 51 heavy (non-hydrogen) atoms. The Kier molecular flexibility index (Phi) is 7.08. The van der Waals surface area contributed by atoms with Crippen LogP contribution in [0.15, 0.2) is 134 Å². The van der Waals surface area contributed by atoms with Crippen molar-refractivity contribution in [3.05, 3.63) is 174 Å². The molecule has 250 valence electrons. The van der Waals surface area contributed by atoms with Gasteiger partial charge in [-0.3, -0.25) is 0 Å². The first-order valence-corrected chi connectivity index (χ1v) is 17.3. The van der Waals surface area contributed by atoms with E-state index in [1.165, 1.54) is 49.7 Å². The summed E-state index contributed by atoms with van der Waals surface area (Å²) in [4.78, 5) is 6.99. The van der Waals surface area contributed by atoms with Gasteiger partial charge in [0.05, 0.1) is 16.7 Å². The smallest absolute Gasteiger partial charge is 0.0582 e. The third-order valence-corrected chi connectivity index (χ3v) is 11.1. The summed E-state index contributed by atoms with van der Waals surface area (Å²) < 4.78 is 2.58. The first kappa shape index (κ1) is 31.7. The Morgan fingerprint density at radius 1 is 0.569 bits per heavy atom. The van der Waals surface area contributed by atoms with Gasteiger partial charge in [0.1, 0.15) is 0 Å². The predicted octanol–water partition coefficient (Wildman–Crippen LogP) is 11.7. The van der Waals surface area contributed by atoms with Crippen molar-refractivity contribution in [2.45, 2.75) is 38.5 Å². The van der Waals surface area contributed by atoms with Crippen LogP contribution in [0, 0.1) is 18.2 Å². The van der Waals surface area contributed by atoms with Gasteiger partial charge in [-0.05, 0) is 57.5 Å². The van der Waals surface area contributed by atoms with E-state index in [4.69, 9.17) is 0 Å². The van der Waals surface area contributed by atoms with Crippen LogP contribution in [-0.2, 0) is 31.9 Å². The van der Waals surface area contributed by atoms with Crippen LogP contribution in [0.3, 0.4) is 0 Å². The van der Waals surface area contributed by atoms with E-state index in [2.05, 4.69) is 157 Å². The van der Waals surface area contributed by atoms with E-state index >= 15 is 0 Å². The first-order valence-electron chi connectivity index (χ1n) is 17.3. The van der Waals surface area contributed by atoms with Gasteiger partial charge in [-0.1, -0.05) is 76.2 Å². The maximum atomic E-state index is 4.67. The van der Waals surface area contributed by atoms with Crippen molar-refractivity contribution in [3.8, 4) is 28.1 Å². The minimum absolute atomic E-state index is 0.